The van der Waals surface area contributed by atoms with Gasteiger partial charge in [-0.25, -0.2) is 9.97 Å². The van der Waals surface area contributed by atoms with Crippen LogP contribution in [0.25, 0.3) is 0 Å². The Hall–Kier alpha value is -4.15. The van der Waals surface area contributed by atoms with E-state index in [4.69, 9.17) is 4.74 Å². The summed E-state index contributed by atoms with van der Waals surface area (Å²) in [6.45, 7) is 2.76. The molecule has 1 aliphatic carbocycles. The largest absolute Gasteiger partial charge is 0.494 e. The third kappa shape index (κ3) is 5.99. The summed E-state index contributed by atoms with van der Waals surface area (Å²) in [5.41, 5.74) is 1.68. The fourth-order valence-corrected chi connectivity index (χ4v) is 4.60. The molecule has 0 aliphatic heterocycles. The molecule has 0 saturated heterocycles. The number of benzene rings is 2. The lowest BCUT2D eigenvalue weighted by atomic mass is 9.93. The second kappa shape index (κ2) is 10.5. The fourth-order valence-electron chi connectivity index (χ4n) is 4.60. The number of hydrogen-bond donors (Lipinski definition) is 3. The number of aromatic nitrogens is 2. The smallest absolute Gasteiger partial charge is 0.419 e. The van der Waals surface area contributed by atoms with E-state index in [2.05, 4.69) is 25.9 Å². The number of amides is 2. The Morgan fingerprint density at radius 1 is 1.11 bits per heavy atom. The van der Waals surface area contributed by atoms with Crippen LogP contribution >= 0.6 is 0 Å². The van der Waals surface area contributed by atoms with Gasteiger partial charge in [-0.05, 0) is 42.0 Å². The Balaban J connectivity index is 1.66. The molecule has 1 aliphatic rings. The molecule has 37 heavy (non-hydrogen) atoms. The zero-order chi connectivity index (χ0) is 26.7. The van der Waals surface area contributed by atoms with Gasteiger partial charge in [0.25, 0.3) is 0 Å². The number of ether oxygens (including phenoxy) is 1. The standard InChI is InChI=1S/C26H26F3N5O3/c1-14(35)31-18-8-9-21(23(12-18)37-3)33-25-30-13-20(26(27,28)29)22(34-25)11-17-10-16-6-4-5-7-19(16)24(17)32-15(2)36/h4-9,12-13,17,24H,10-11H2,1-3H3,(H,31,35)(H,32,36)(H,30,33,34)/t17-,24-/m0/s1. The Labute approximate surface area is 211 Å². The average molecular weight is 514 g/mol. The summed E-state index contributed by atoms with van der Waals surface area (Å²) in [4.78, 5) is 31.3. The number of rotatable bonds is 7. The first-order chi connectivity index (χ1) is 17.5. The van der Waals surface area contributed by atoms with Crippen LogP contribution in [0.4, 0.5) is 30.5 Å². The van der Waals surface area contributed by atoms with Crippen LogP contribution in [0.5, 0.6) is 5.75 Å². The maximum Gasteiger partial charge on any atom is 0.419 e. The molecule has 0 saturated carbocycles. The molecule has 194 valence electrons. The van der Waals surface area contributed by atoms with Crippen molar-refractivity contribution < 1.29 is 27.5 Å². The Kier molecular flexibility index (Phi) is 7.33. The monoisotopic (exact) mass is 513 g/mol. The number of anilines is 3. The lowest BCUT2D eigenvalue weighted by molar-refractivity contribution is -0.138. The predicted octanol–water partition coefficient (Wildman–Crippen LogP) is 4.80. The molecule has 3 N–H and O–H groups in total. The zero-order valence-electron chi connectivity index (χ0n) is 20.4. The summed E-state index contributed by atoms with van der Waals surface area (Å²) in [7, 11) is 1.43. The second-order valence-corrected chi connectivity index (χ2v) is 8.82. The molecule has 1 aromatic heterocycles. The maximum atomic E-state index is 13.9. The molecule has 0 radical (unpaired) electrons. The van der Waals surface area contributed by atoms with E-state index in [1.165, 1.54) is 21.0 Å². The van der Waals surface area contributed by atoms with E-state index in [0.29, 0.717) is 23.5 Å². The molecule has 0 unspecified atom stereocenters. The SMILES string of the molecule is COc1cc(NC(C)=O)ccc1Nc1ncc(C(F)(F)F)c(C[C@@H]2Cc3ccccc3[C@H]2NC(C)=O)n1. The van der Waals surface area contributed by atoms with Crippen molar-refractivity contribution in [2.45, 2.75) is 38.9 Å². The molecular weight excluding hydrogens is 487 g/mol. The number of carbonyl (C=O) groups is 2. The van der Waals surface area contributed by atoms with E-state index in [1.807, 2.05) is 24.3 Å². The quantitative estimate of drug-likeness (QED) is 0.419. The summed E-state index contributed by atoms with van der Waals surface area (Å²) < 4.78 is 47.0. The minimum absolute atomic E-state index is 0.0235. The van der Waals surface area contributed by atoms with Crippen molar-refractivity contribution in [1.29, 1.82) is 0 Å². The molecule has 2 aromatic carbocycles. The third-order valence-electron chi connectivity index (χ3n) is 6.10. The molecule has 4 rings (SSSR count). The summed E-state index contributed by atoms with van der Waals surface area (Å²) in [5.74, 6) is -0.544. The second-order valence-electron chi connectivity index (χ2n) is 8.82. The van der Waals surface area contributed by atoms with E-state index in [-0.39, 0.29) is 35.8 Å². The molecule has 0 bridgehead atoms. The first-order valence-corrected chi connectivity index (χ1v) is 11.6. The minimum Gasteiger partial charge on any atom is -0.494 e. The van der Waals surface area contributed by atoms with Gasteiger partial charge in [-0.15, -0.1) is 0 Å². The van der Waals surface area contributed by atoms with E-state index in [9.17, 15) is 22.8 Å². The van der Waals surface area contributed by atoms with Crippen LogP contribution in [0, 0.1) is 5.92 Å². The number of nitrogens with one attached hydrogen (secondary N) is 3. The topological polar surface area (TPSA) is 105 Å². The molecule has 8 nitrogen and oxygen atoms in total. The van der Waals surface area contributed by atoms with Crippen LogP contribution in [-0.2, 0) is 28.6 Å². The van der Waals surface area contributed by atoms with Gasteiger partial charge in [-0.3, -0.25) is 9.59 Å². The molecule has 0 fully saturated rings. The predicted molar refractivity (Wildman–Crippen MR) is 132 cm³/mol. The number of hydrogen-bond acceptors (Lipinski definition) is 6. The van der Waals surface area contributed by atoms with Crippen molar-refractivity contribution in [1.82, 2.24) is 15.3 Å². The van der Waals surface area contributed by atoms with Gasteiger partial charge in [0.1, 0.15) is 5.75 Å². The van der Waals surface area contributed by atoms with Crippen LogP contribution in [0.3, 0.4) is 0 Å². The molecular formula is C26H26F3N5O3. The third-order valence-corrected chi connectivity index (χ3v) is 6.10. The van der Waals surface area contributed by atoms with Gasteiger partial charge in [0, 0.05) is 31.8 Å². The number of carbonyl (C=O) groups excluding carboxylic acids is 2. The van der Waals surface area contributed by atoms with E-state index >= 15 is 0 Å². The Bertz CT molecular complexity index is 1330. The van der Waals surface area contributed by atoms with Gasteiger partial charge in [-0.2, -0.15) is 13.2 Å². The van der Waals surface area contributed by atoms with Gasteiger partial charge < -0.3 is 20.7 Å². The molecule has 3 aromatic rings. The van der Waals surface area contributed by atoms with Gasteiger partial charge in [0.15, 0.2) is 0 Å². The summed E-state index contributed by atoms with van der Waals surface area (Å²) in [5, 5.41) is 8.44. The molecule has 1 heterocycles. The van der Waals surface area contributed by atoms with Gasteiger partial charge >= 0.3 is 6.18 Å². The Morgan fingerprint density at radius 2 is 1.86 bits per heavy atom. The summed E-state index contributed by atoms with van der Waals surface area (Å²) in [6, 6.07) is 11.9. The molecule has 0 spiro atoms. The average Bonchev–Trinajstić information content (AvgIpc) is 3.15. The van der Waals surface area contributed by atoms with Crippen LogP contribution in [0.1, 0.15) is 42.3 Å². The Morgan fingerprint density at radius 3 is 2.54 bits per heavy atom. The highest BCUT2D eigenvalue weighted by molar-refractivity contribution is 5.89. The van der Waals surface area contributed by atoms with Crippen LogP contribution in [0.15, 0.2) is 48.7 Å². The van der Waals surface area contributed by atoms with Crippen molar-refractivity contribution in [3.8, 4) is 5.75 Å². The number of alkyl halides is 3. The van der Waals surface area contributed by atoms with Crippen molar-refractivity contribution in [3.05, 3.63) is 71.0 Å². The number of fused-ring (bicyclic) bond motifs is 1. The number of halogens is 3. The van der Waals surface area contributed by atoms with E-state index in [1.54, 1.807) is 18.2 Å². The number of nitrogens with zero attached hydrogens (tertiary/aromatic N) is 2. The van der Waals surface area contributed by atoms with Crippen molar-refractivity contribution >= 4 is 29.1 Å². The van der Waals surface area contributed by atoms with Gasteiger partial charge in [-0.1, -0.05) is 24.3 Å². The molecule has 2 atom stereocenters. The lowest BCUT2D eigenvalue weighted by Crippen LogP contribution is -2.31. The van der Waals surface area contributed by atoms with Gasteiger partial charge in [0.2, 0.25) is 17.8 Å². The molecule has 2 amide bonds. The van der Waals surface area contributed by atoms with Crippen LogP contribution in [0.2, 0.25) is 0 Å². The van der Waals surface area contributed by atoms with Crippen molar-refractivity contribution in [2.24, 2.45) is 5.92 Å². The zero-order valence-corrected chi connectivity index (χ0v) is 20.4. The summed E-state index contributed by atoms with van der Waals surface area (Å²) >= 11 is 0. The first kappa shape index (κ1) is 25.9. The van der Waals surface area contributed by atoms with Crippen LogP contribution < -0.4 is 20.7 Å². The highest BCUT2D eigenvalue weighted by Crippen LogP contribution is 2.40. The van der Waals surface area contributed by atoms with Crippen molar-refractivity contribution in [2.75, 3.05) is 17.7 Å². The highest BCUT2D eigenvalue weighted by atomic mass is 19.4. The van der Waals surface area contributed by atoms with Crippen LogP contribution in [-0.4, -0.2) is 28.9 Å². The van der Waals surface area contributed by atoms with E-state index in [0.717, 1.165) is 17.3 Å². The van der Waals surface area contributed by atoms with Gasteiger partial charge in [0.05, 0.1) is 30.1 Å². The number of methoxy groups -OCH3 is 1. The highest BCUT2D eigenvalue weighted by Gasteiger charge is 2.39. The van der Waals surface area contributed by atoms with E-state index < -0.39 is 17.8 Å². The molecule has 11 heteroatoms. The fraction of sp³-hybridized carbons (Fsp3) is 0.308. The van der Waals surface area contributed by atoms with Crippen molar-refractivity contribution in [3.63, 3.8) is 0 Å². The first-order valence-electron chi connectivity index (χ1n) is 11.6. The maximum absolute atomic E-state index is 13.9. The summed E-state index contributed by atoms with van der Waals surface area (Å²) in [6.07, 6.45) is -3.41. The lowest BCUT2D eigenvalue weighted by Gasteiger charge is -2.23. The minimum atomic E-state index is -4.65. The normalized spacial score (nSPS) is 16.6.